The molecular weight excluding hydrogens is 254 g/mol. The second-order valence-electron chi connectivity index (χ2n) is 4.14. The van der Waals surface area contributed by atoms with E-state index < -0.39 is 10.0 Å². The number of anilines is 1. The van der Waals surface area contributed by atoms with E-state index in [4.69, 9.17) is 0 Å². The first-order valence-electron chi connectivity index (χ1n) is 5.26. The number of nitrogens with zero attached hydrogens (tertiary/aromatic N) is 2. The van der Waals surface area contributed by atoms with Crippen LogP contribution in [0.1, 0.15) is 0 Å². The van der Waals surface area contributed by atoms with Crippen LogP contribution in [0.25, 0.3) is 0 Å². The molecule has 18 heavy (non-hydrogen) atoms. The maximum absolute atomic E-state index is 11.9. The lowest BCUT2D eigenvalue weighted by molar-refractivity contribution is 0.230. The van der Waals surface area contributed by atoms with Crippen LogP contribution < -0.4 is 5.32 Å². The Kier molecular flexibility index (Phi) is 4.31. The van der Waals surface area contributed by atoms with Crippen LogP contribution >= 0.6 is 0 Å². The van der Waals surface area contributed by atoms with Gasteiger partial charge in [-0.2, -0.15) is 0 Å². The van der Waals surface area contributed by atoms with Gasteiger partial charge in [-0.1, -0.05) is 6.07 Å². The molecule has 1 rings (SSSR count). The molecule has 1 aromatic carbocycles. The fourth-order valence-corrected chi connectivity index (χ4v) is 2.13. The molecule has 0 fully saturated rings. The number of benzene rings is 1. The van der Waals surface area contributed by atoms with Crippen LogP contribution in [0.4, 0.5) is 10.5 Å². The van der Waals surface area contributed by atoms with Gasteiger partial charge < -0.3 is 10.2 Å². The van der Waals surface area contributed by atoms with Crippen LogP contribution in [0.2, 0.25) is 0 Å². The second kappa shape index (κ2) is 5.36. The molecule has 0 radical (unpaired) electrons. The van der Waals surface area contributed by atoms with Crippen LogP contribution in [0.3, 0.4) is 0 Å². The van der Waals surface area contributed by atoms with E-state index in [1.165, 1.54) is 31.1 Å². The van der Waals surface area contributed by atoms with E-state index in [9.17, 15) is 13.2 Å². The number of hydrogen-bond acceptors (Lipinski definition) is 3. The van der Waals surface area contributed by atoms with Gasteiger partial charge in [0.05, 0.1) is 4.90 Å². The van der Waals surface area contributed by atoms with Crippen LogP contribution in [0.5, 0.6) is 0 Å². The van der Waals surface area contributed by atoms with Crippen molar-refractivity contribution >= 4 is 21.7 Å². The van der Waals surface area contributed by atoms with Gasteiger partial charge >= 0.3 is 6.03 Å². The van der Waals surface area contributed by atoms with E-state index in [2.05, 4.69) is 5.32 Å². The number of urea groups is 1. The molecule has 2 amide bonds. The number of carbonyl (C=O) groups is 1. The number of sulfonamides is 1. The molecule has 100 valence electrons. The Labute approximate surface area is 107 Å². The fourth-order valence-electron chi connectivity index (χ4n) is 1.18. The van der Waals surface area contributed by atoms with Crippen molar-refractivity contribution in [3.63, 3.8) is 0 Å². The van der Waals surface area contributed by atoms with Crippen LogP contribution in [-0.2, 0) is 10.0 Å². The van der Waals surface area contributed by atoms with Crippen molar-refractivity contribution in [1.82, 2.24) is 9.21 Å². The van der Waals surface area contributed by atoms with Crippen molar-refractivity contribution < 1.29 is 13.2 Å². The third kappa shape index (κ3) is 3.21. The summed E-state index contributed by atoms with van der Waals surface area (Å²) in [6.07, 6.45) is 0. The number of rotatable bonds is 3. The lowest BCUT2D eigenvalue weighted by atomic mass is 10.3. The molecule has 7 heteroatoms. The van der Waals surface area contributed by atoms with E-state index in [1.807, 2.05) is 0 Å². The molecule has 0 aliphatic carbocycles. The molecule has 6 nitrogen and oxygen atoms in total. The van der Waals surface area contributed by atoms with Crippen LogP contribution in [0, 0.1) is 0 Å². The highest BCUT2D eigenvalue weighted by Crippen LogP contribution is 2.18. The fraction of sp³-hybridized carbons (Fsp3) is 0.364. The summed E-state index contributed by atoms with van der Waals surface area (Å²) in [6, 6.07) is 5.82. The summed E-state index contributed by atoms with van der Waals surface area (Å²) in [7, 11) is 2.64. The molecule has 0 saturated carbocycles. The first-order valence-corrected chi connectivity index (χ1v) is 6.70. The van der Waals surface area contributed by atoms with Crippen molar-refractivity contribution in [2.45, 2.75) is 4.90 Å². The number of carbonyl (C=O) groups excluding carboxylic acids is 1. The minimum absolute atomic E-state index is 0.143. The van der Waals surface area contributed by atoms with Crippen LogP contribution in [-0.4, -0.2) is 51.8 Å². The molecule has 0 aliphatic heterocycles. The van der Waals surface area contributed by atoms with Gasteiger partial charge in [0.15, 0.2) is 0 Å². The Hall–Kier alpha value is -1.60. The van der Waals surface area contributed by atoms with Gasteiger partial charge in [-0.3, -0.25) is 0 Å². The standard InChI is InChI=1S/C11H17N3O3S/c1-13(2)11(15)12-9-6-5-7-10(8-9)18(16,17)14(3)4/h5-8H,1-4H3,(H,12,15). The number of nitrogens with one attached hydrogen (secondary N) is 1. The highest BCUT2D eigenvalue weighted by molar-refractivity contribution is 7.89. The van der Waals surface area contributed by atoms with Crippen molar-refractivity contribution in [3.8, 4) is 0 Å². The summed E-state index contributed by atoms with van der Waals surface area (Å²) < 4.78 is 24.9. The minimum Gasteiger partial charge on any atom is -0.331 e. The van der Waals surface area contributed by atoms with Crippen molar-refractivity contribution in [1.29, 1.82) is 0 Å². The number of amides is 2. The van der Waals surface area contributed by atoms with Gasteiger partial charge in [0.25, 0.3) is 0 Å². The molecule has 0 saturated heterocycles. The summed E-state index contributed by atoms with van der Waals surface area (Å²) in [5, 5.41) is 2.60. The predicted molar refractivity (Wildman–Crippen MR) is 70.0 cm³/mol. The maximum atomic E-state index is 11.9. The zero-order valence-electron chi connectivity index (χ0n) is 10.8. The SMILES string of the molecule is CN(C)C(=O)Nc1cccc(S(=O)(=O)N(C)C)c1. The quantitative estimate of drug-likeness (QED) is 0.892. The maximum Gasteiger partial charge on any atom is 0.321 e. The third-order valence-corrected chi connectivity index (χ3v) is 4.08. The monoisotopic (exact) mass is 271 g/mol. The van der Waals surface area contributed by atoms with Crippen molar-refractivity contribution in [2.75, 3.05) is 33.5 Å². The van der Waals surface area contributed by atoms with Gasteiger partial charge in [0.2, 0.25) is 10.0 Å². The molecule has 1 N–H and O–H groups in total. The third-order valence-electron chi connectivity index (χ3n) is 2.27. The van der Waals surface area contributed by atoms with Gasteiger partial charge in [-0.05, 0) is 18.2 Å². The molecule has 0 heterocycles. The molecule has 1 aromatic rings. The van der Waals surface area contributed by atoms with Gasteiger partial charge in [0, 0.05) is 33.9 Å². The largest absolute Gasteiger partial charge is 0.331 e. The lowest BCUT2D eigenvalue weighted by Crippen LogP contribution is -2.27. The van der Waals surface area contributed by atoms with E-state index in [0.717, 1.165) is 4.31 Å². The topological polar surface area (TPSA) is 69.7 Å². The van der Waals surface area contributed by atoms with E-state index in [0.29, 0.717) is 5.69 Å². The van der Waals surface area contributed by atoms with E-state index in [1.54, 1.807) is 26.2 Å². The van der Waals surface area contributed by atoms with E-state index >= 15 is 0 Å². The predicted octanol–water partition coefficient (Wildman–Crippen LogP) is 1.03. The number of hydrogen-bond donors (Lipinski definition) is 1. The lowest BCUT2D eigenvalue weighted by Gasteiger charge is -2.14. The summed E-state index contributed by atoms with van der Waals surface area (Å²) in [5.74, 6) is 0. The normalized spacial score (nSPS) is 11.4. The highest BCUT2D eigenvalue weighted by atomic mass is 32.2. The molecule has 0 aliphatic rings. The summed E-state index contributed by atoms with van der Waals surface area (Å²) >= 11 is 0. The Bertz CT molecular complexity index is 538. The average molecular weight is 271 g/mol. The molecule has 0 spiro atoms. The summed E-state index contributed by atoms with van der Waals surface area (Å²) in [5.41, 5.74) is 0.441. The molecule has 0 aromatic heterocycles. The van der Waals surface area contributed by atoms with Gasteiger partial charge in [0.1, 0.15) is 0 Å². The van der Waals surface area contributed by atoms with E-state index in [-0.39, 0.29) is 10.9 Å². The Morgan fingerprint density at radius 2 is 1.78 bits per heavy atom. The Morgan fingerprint density at radius 3 is 2.28 bits per heavy atom. The van der Waals surface area contributed by atoms with Crippen molar-refractivity contribution in [3.05, 3.63) is 24.3 Å². The first kappa shape index (κ1) is 14.5. The van der Waals surface area contributed by atoms with Gasteiger partial charge in [-0.25, -0.2) is 17.5 Å². The smallest absolute Gasteiger partial charge is 0.321 e. The summed E-state index contributed by atoms with van der Waals surface area (Å²) in [4.78, 5) is 13.0. The van der Waals surface area contributed by atoms with Gasteiger partial charge in [-0.15, -0.1) is 0 Å². The zero-order valence-corrected chi connectivity index (χ0v) is 11.7. The molecule has 0 bridgehead atoms. The molecule has 0 atom stereocenters. The second-order valence-corrected chi connectivity index (χ2v) is 6.29. The first-order chi connectivity index (χ1) is 8.25. The molecule has 0 unspecified atom stereocenters. The summed E-state index contributed by atoms with van der Waals surface area (Å²) in [6.45, 7) is 0. The zero-order chi connectivity index (χ0) is 13.9. The Balaban J connectivity index is 3.04. The Morgan fingerprint density at radius 1 is 1.17 bits per heavy atom. The molecular formula is C11H17N3O3S. The average Bonchev–Trinajstić information content (AvgIpc) is 2.28. The minimum atomic E-state index is -3.49. The van der Waals surface area contributed by atoms with Crippen molar-refractivity contribution in [2.24, 2.45) is 0 Å². The highest BCUT2D eigenvalue weighted by Gasteiger charge is 2.17. The van der Waals surface area contributed by atoms with Crippen LogP contribution in [0.15, 0.2) is 29.2 Å².